The number of para-hydroxylation sites is 1. The van der Waals surface area contributed by atoms with E-state index in [2.05, 4.69) is 18.5 Å². The molecule has 0 saturated carbocycles. The fraction of sp³-hybridized carbons (Fsp3) is 0.235. The lowest BCUT2D eigenvalue weighted by Crippen LogP contribution is -2.26. The lowest BCUT2D eigenvalue weighted by Gasteiger charge is -2.15. The molecule has 0 amide bonds. The molecule has 0 unspecified atom stereocenters. The van der Waals surface area contributed by atoms with Gasteiger partial charge in [0, 0.05) is 24.7 Å². The summed E-state index contributed by atoms with van der Waals surface area (Å²) in [6.45, 7) is 11.6. The summed E-state index contributed by atoms with van der Waals surface area (Å²) in [4.78, 5) is 12.4. The Kier molecular flexibility index (Phi) is 5.79. The van der Waals surface area contributed by atoms with Gasteiger partial charge in [0.1, 0.15) is 0 Å². The Balaban J connectivity index is 0.000000677. The van der Waals surface area contributed by atoms with Crippen molar-refractivity contribution in [1.82, 2.24) is 9.88 Å². The molecule has 0 saturated heterocycles. The SMILES string of the molecule is C=C(NCC)c1c(C)c2ccccc2n(C)c1=O.C=CO. The first-order valence-corrected chi connectivity index (χ1v) is 6.76. The summed E-state index contributed by atoms with van der Waals surface area (Å²) in [5.41, 5.74) is 3.31. The number of fused-ring (bicyclic) bond motifs is 1. The van der Waals surface area contributed by atoms with Gasteiger partial charge in [0.2, 0.25) is 0 Å². The van der Waals surface area contributed by atoms with Crippen molar-refractivity contribution in [2.75, 3.05) is 6.54 Å². The number of aliphatic hydroxyl groups excluding tert-OH is 1. The Morgan fingerprint density at radius 3 is 2.57 bits per heavy atom. The third-order valence-electron chi connectivity index (χ3n) is 3.25. The number of pyridine rings is 1. The Morgan fingerprint density at radius 1 is 1.43 bits per heavy atom. The normalized spacial score (nSPS) is 9.67. The quantitative estimate of drug-likeness (QED) is 0.852. The van der Waals surface area contributed by atoms with E-state index in [9.17, 15) is 4.79 Å². The van der Waals surface area contributed by atoms with Crippen LogP contribution < -0.4 is 10.9 Å². The molecule has 0 spiro atoms. The maximum Gasteiger partial charge on any atom is 0.260 e. The van der Waals surface area contributed by atoms with Gasteiger partial charge >= 0.3 is 0 Å². The van der Waals surface area contributed by atoms with E-state index in [0.29, 0.717) is 11.3 Å². The second kappa shape index (κ2) is 7.33. The molecule has 112 valence electrons. The number of aliphatic hydroxyl groups is 1. The van der Waals surface area contributed by atoms with Crippen molar-refractivity contribution in [3.8, 4) is 0 Å². The molecule has 0 radical (unpaired) electrons. The zero-order chi connectivity index (χ0) is 16.0. The zero-order valence-corrected chi connectivity index (χ0v) is 12.8. The molecule has 1 heterocycles. The van der Waals surface area contributed by atoms with Crippen LogP contribution in [-0.2, 0) is 7.05 Å². The molecule has 2 N–H and O–H groups in total. The topological polar surface area (TPSA) is 54.3 Å². The van der Waals surface area contributed by atoms with Crippen molar-refractivity contribution >= 4 is 16.6 Å². The predicted molar refractivity (Wildman–Crippen MR) is 89.5 cm³/mol. The molecule has 0 aliphatic rings. The third-order valence-corrected chi connectivity index (χ3v) is 3.25. The fourth-order valence-corrected chi connectivity index (χ4v) is 2.31. The molecule has 0 fully saturated rings. The van der Waals surface area contributed by atoms with Crippen LogP contribution >= 0.6 is 0 Å². The van der Waals surface area contributed by atoms with Crippen LogP contribution in [0.25, 0.3) is 16.6 Å². The zero-order valence-electron chi connectivity index (χ0n) is 12.8. The summed E-state index contributed by atoms with van der Waals surface area (Å²) in [5, 5.41) is 11.6. The maximum absolute atomic E-state index is 12.4. The van der Waals surface area contributed by atoms with Gasteiger partial charge in [-0.15, -0.1) is 0 Å². The molecule has 2 aromatic rings. The smallest absolute Gasteiger partial charge is 0.260 e. The molecular weight excluding hydrogens is 264 g/mol. The van der Waals surface area contributed by atoms with Gasteiger partial charge in [-0.3, -0.25) is 4.79 Å². The Morgan fingerprint density at radius 2 is 2.00 bits per heavy atom. The molecule has 1 aromatic carbocycles. The van der Waals surface area contributed by atoms with E-state index < -0.39 is 0 Å². The largest absolute Gasteiger partial charge is 0.516 e. The number of benzene rings is 1. The minimum atomic E-state index is -0.00264. The van der Waals surface area contributed by atoms with Gasteiger partial charge in [0.05, 0.1) is 17.3 Å². The molecular formula is C17H22N2O2. The Bertz CT molecular complexity index is 715. The van der Waals surface area contributed by atoms with Crippen LogP contribution in [0.2, 0.25) is 0 Å². The molecule has 4 nitrogen and oxygen atoms in total. The summed E-state index contributed by atoms with van der Waals surface area (Å²) < 4.78 is 1.68. The van der Waals surface area contributed by atoms with Crippen LogP contribution in [0.15, 0.2) is 48.5 Å². The molecule has 21 heavy (non-hydrogen) atoms. The second-order valence-electron chi connectivity index (χ2n) is 4.57. The molecule has 0 bridgehead atoms. The van der Waals surface area contributed by atoms with Crippen molar-refractivity contribution in [3.63, 3.8) is 0 Å². The average Bonchev–Trinajstić information content (AvgIpc) is 2.46. The molecule has 0 atom stereocenters. The maximum atomic E-state index is 12.4. The predicted octanol–water partition coefficient (Wildman–Crippen LogP) is 3.12. The summed E-state index contributed by atoms with van der Waals surface area (Å²) >= 11 is 0. The van der Waals surface area contributed by atoms with Crippen LogP contribution in [0.1, 0.15) is 18.1 Å². The first-order chi connectivity index (χ1) is 9.99. The minimum absolute atomic E-state index is 0.00264. The highest BCUT2D eigenvalue weighted by Gasteiger charge is 2.13. The highest BCUT2D eigenvalue weighted by molar-refractivity contribution is 5.86. The van der Waals surface area contributed by atoms with Crippen molar-refractivity contribution in [3.05, 3.63) is 65.2 Å². The first-order valence-electron chi connectivity index (χ1n) is 6.76. The Labute approximate surface area is 125 Å². The van der Waals surface area contributed by atoms with Crippen molar-refractivity contribution in [2.24, 2.45) is 7.05 Å². The monoisotopic (exact) mass is 286 g/mol. The second-order valence-corrected chi connectivity index (χ2v) is 4.57. The summed E-state index contributed by atoms with van der Waals surface area (Å²) in [6, 6.07) is 7.93. The molecule has 4 heteroatoms. The minimum Gasteiger partial charge on any atom is -0.516 e. The van der Waals surface area contributed by atoms with Crippen LogP contribution in [0.4, 0.5) is 0 Å². The van der Waals surface area contributed by atoms with Gasteiger partial charge in [-0.05, 0) is 25.5 Å². The third kappa shape index (κ3) is 3.34. The van der Waals surface area contributed by atoms with Gasteiger partial charge in [-0.1, -0.05) is 31.4 Å². The average molecular weight is 286 g/mol. The van der Waals surface area contributed by atoms with Crippen molar-refractivity contribution in [2.45, 2.75) is 13.8 Å². The summed E-state index contributed by atoms with van der Waals surface area (Å²) in [6.07, 6.45) is 0.750. The molecule has 0 aliphatic carbocycles. The van der Waals surface area contributed by atoms with Gasteiger partial charge < -0.3 is 15.0 Å². The van der Waals surface area contributed by atoms with Crippen molar-refractivity contribution in [1.29, 1.82) is 0 Å². The number of aryl methyl sites for hydroxylation is 2. The summed E-state index contributed by atoms with van der Waals surface area (Å²) in [7, 11) is 1.80. The van der Waals surface area contributed by atoms with Crippen LogP contribution in [0.5, 0.6) is 0 Å². The molecule has 2 rings (SSSR count). The van der Waals surface area contributed by atoms with Gasteiger partial charge in [-0.25, -0.2) is 0 Å². The molecule has 1 aromatic heterocycles. The van der Waals surface area contributed by atoms with Crippen molar-refractivity contribution < 1.29 is 5.11 Å². The highest BCUT2D eigenvalue weighted by Crippen LogP contribution is 2.21. The number of aromatic nitrogens is 1. The number of hydrogen-bond acceptors (Lipinski definition) is 3. The standard InChI is InChI=1S/C15H18N2O.C2H4O/c1-5-16-11(3)14-10(2)12-8-6-7-9-13(12)17(4)15(14)18;1-2-3/h6-9,16H,3,5H2,1-2,4H3;2-3H,1H2. The van der Waals surface area contributed by atoms with Gasteiger partial charge in [-0.2, -0.15) is 0 Å². The van der Waals surface area contributed by atoms with Crippen LogP contribution in [-0.4, -0.2) is 16.2 Å². The Hall–Kier alpha value is -2.49. The first kappa shape index (κ1) is 16.6. The van der Waals surface area contributed by atoms with E-state index in [0.717, 1.165) is 29.3 Å². The van der Waals surface area contributed by atoms with E-state index in [1.807, 2.05) is 38.1 Å². The number of nitrogens with zero attached hydrogens (tertiary/aromatic N) is 1. The van der Waals surface area contributed by atoms with E-state index in [-0.39, 0.29) is 5.56 Å². The number of nitrogens with one attached hydrogen (secondary N) is 1. The lowest BCUT2D eigenvalue weighted by molar-refractivity contribution is 0.476. The fourth-order valence-electron chi connectivity index (χ4n) is 2.31. The van der Waals surface area contributed by atoms with Crippen LogP contribution in [0, 0.1) is 6.92 Å². The lowest BCUT2D eigenvalue weighted by atomic mass is 10.0. The molecule has 0 aliphatic heterocycles. The van der Waals surface area contributed by atoms with E-state index in [1.165, 1.54) is 0 Å². The van der Waals surface area contributed by atoms with Gasteiger partial charge in [0.25, 0.3) is 5.56 Å². The van der Waals surface area contributed by atoms with E-state index >= 15 is 0 Å². The summed E-state index contributed by atoms with van der Waals surface area (Å²) in [5.74, 6) is 0. The van der Waals surface area contributed by atoms with Crippen LogP contribution in [0.3, 0.4) is 0 Å². The highest BCUT2D eigenvalue weighted by atomic mass is 16.2. The van der Waals surface area contributed by atoms with E-state index in [1.54, 1.807) is 11.6 Å². The van der Waals surface area contributed by atoms with Gasteiger partial charge in [0.15, 0.2) is 0 Å². The number of hydrogen-bond donors (Lipinski definition) is 2. The number of rotatable bonds is 3. The van der Waals surface area contributed by atoms with E-state index in [4.69, 9.17) is 5.11 Å².